The van der Waals surface area contributed by atoms with Crippen molar-refractivity contribution in [3.8, 4) is 5.75 Å². The van der Waals surface area contributed by atoms with Crippen molar-refractivity contribution >= 4 is 15.9 Å². The van der Waals surface area contributed by atoms with Crippen LogP contribution in [0.2, 0.25) is 0 Å². The number of nitrogens with one attached hydrogen (secondary N) is 1. The van der Waals surface area contributed by atoms with Crippen LogP contribution < -0.4 is 10.1 Å². The van der Waals surface area contributed by atoms with E-state index in [1.807, 2.05) is 0 Å². The molecule has 2 atom stereocenters. The fourth-order valence-electron chi connectivity index (χ4n) is 2.40. The Morgan fingerprint density at radius 3 is 2.78 bits per heavy atom. The summed E-state index contributed by atoms with van der Waals surface area (Å²) in [6.07, 6.45) is 1.16. The first-order chi connectivity index (χ1) is 8.45. The molecule has 0 amide bonds. The van der Waals surface area contributed by atoms with E-state index < -0.39 is 0 Å². The van der Waals surface area contributed by atoms with Crippen LogP contribution in [-0.4, -0.2) is 18.7 Å². The predicted molar refractivity (Wildman–Crippen MR) is 74.4 cm³/mol. The third kappa shape index (κ3) is 2.54. The van der Waals surface area contributed by atoms with E-state index in [2.05, 4.69) is 42.0 Å². The van der Waals surface area contributed by atoms with Gasteiger partial charge in [-0.25, -0.2) is 4.39 Å². The normalized spacial score (nSPS) is 25.6. The number of benzene rings is 1. The van der Waals surface area contributed by atoms with Gasteiger partial charge in [0.05, 0.1) is 4.47 Å². The summed E-state index contributed by atoms with van der Waals surface area (Å²) in [4.78, 5) is 0. The monoisotopic (exact) mass is 315 g/mol. The lowest BCUT2D eigenvalue weighted by atomic mass is 9.64. The molecule has 1 aromatic carbocycles. The second kappa shape index (κ2) is 5.17. The molecule has 18 heavy (non-hydrogen) atoms. The molecule has 4 heteroatoms. The molecule has 1 fully saturated rings. The van der Waals surface area contributed by atoms with Crippen LogP contribution in [0, 0.1) is 11.2 Å². The minimum Gasteiger partial charge on any atom is -0.489 e. The van der Waals surface area contributed by atoms with Crippen LogP contribution in [0.3, 0.4) is 0 Å². The van der Waals surface area contributed by atoms with Crippen LogP contribution in [0.15, 0.2) is 22.7 Å². The van der Waals surface area contributed by atoms with Crippen LogP contribution in [-0.2, 0) is 0 Å². The number of rotatable bonds is 4. The zero-order valence-corrected chi connectivity index (χ0v) is 12.6. The first kappa shape index (κ1) is 13.8. The van der Waals surface area contributed by atoms with Gasteiger partial charge in [0.1, 0.15) is 17.7 Å². The van der Waals surface area contributed by atoms with Crippen molar-refractivity contribution < 1.29 is 9.13 Å². The van der Waals surface area contributed by atoms with Crippen molar-refractivity contribution in [3.63, 3.8) is 0 Å². The van der Waals surface area contributed by atoms with Gasteiger partial charge in [0.2, 0.25) is 0 Å². The Labute approximate surface area is 116 Å². The minimum atomic E-state index is -0.257. The fraction of sp³-hybridized carbons (Fsp3) is 0.571. The fourth-order valence-corrected chi connectivity index (χ4v) is 2.85. The van der Waals surface area contributed by atoms with Crippen molar-refractivity contribution in [1.29, 1.82) is 0 Å². The maximum absolute atomic E-state index is 13.0. The summed E-state index contributed by atoms with van der Waals surface area (Å²) in [5.74, 6) is 0.456. The molecule has 0 aliphatic heterocycles. The maximum Gasteiger partial charge on any atom is 0.134 e. The van der Waals surface area contributed by atoms with Crippen LogP contribution >= 0.6 is 15.9 Å². The smallest absolute Gasteiger partial charge is 0.134 e. The lowest BCUT2D eigenvalue weighted by molar-refractivity contribution is -0.0545. The van der Waals surface area contributed by atoms with Crippen molar-refractivity contribution in [2.75, 3.05) is 6.54 Å². The molecule has 1 N–H and O–H groups in total. The Morgan fingerprint density at radius 1 is 1.50 bits per heavy atom. The summed E-state index contributed by atoms with van der Waals surface area (Å²) < 4.78 is 19.6. The van der Waals surface area contributed by atoms with Gasteiger partial charge < -0.3 is 10.1 Å². The van der Waals surface area contributed by atoms with E-state index in [0.717, 1.165) is 13.0 Å². The zero-order chi connectivity index (χ0) is 13.3. The first-order valence-electron chi connectivity index (χ1n) is 6.30. The van der Waals surface area contributed by atoms with E-state index >= 15 is 0 Å². The standard InChI is InChI=1S/C14H19BrFNO/c1-4-17-12-8-13(14(12,2)3)18-11-6-5-9(16)7-10(11)15/h5-7,12-13,17H,4,8H2,1-3H3. The van der Waals surface area contributed by atoms with Crippen LogP contribution in [0.25, 0.3) is 0 Å². The minimum absolute atomic E-state index is 0.101. The van der Waals surface area contributed by atoms with Gasteiger partial charge >= 0.3 is 0 Å². The molecular formula is C14H19BrFNO. The Morgan fingerprint density at radius 2 is 2.22 bits per heavy atom. The molecule has 2 unspecified atom stereocenters. The lowest BCUT2D eigenvalue weighted by Crippen LogP contribution is -2.62. The molecule has 0 heterocycles. The second-order valence-electron chi connectivity index (χ2n) is 5.35. The van der Waals surface area contributed by atoms with Gasteiger partial charge in [-0.2, -0.15) is 0 Å². The molecule has 0 radical (unpaired) electrons. The molecule has 1 saturated carbocycles. The van der Waals surface area contributed by atoms with Crippen molar-refractivity contribution in [2.24, 2.45) is 5.41 Å². The Balaban J connectivity index is 2.03. The van der Waals surface area contributed by atoms with Crippen molar-refractivity contribution in [3.05, 3.63) is 28.5 Å². The lowest BCUT2D eigenvalue weighted by Gasteiger charge is -2.51. The highest BCUT2D eigenvalue weighted by Gasteiger charge is 2.49. The molecular weight excluding hydrogens is 297 g/mol. The van der Waals surface area contributed by atoms with Gasteiger partial charge in [0, 0.05) is 17.9 Å². The zero-order valence-electron chi connectivity index (χ0n) is 11.0. The molecule has 1 aliphatic carbocycles. The van der Waals surface area contributed by atoms with Gasteiger partial charge in [-0.1, -0.05) is 20.8 Å². The second-order valence-corrected chi connectivity index (χ2v) is 6.20. The molecule has 2 nitrogen and oxygen atoms in total. The van der Waals surface area contributed by atoms with Gasteiger partial charge in [-0.3, -0.25) is 0 Å². The van der Waals surface area contributed by atoms with E-state index in [4.69, 9.17) is 4.74 Å². The molecule has 1 aliphatic rings. The summed E-state index contributed by atoms with van der Waals surface area (Å²) in [6.45, 7) is 7.49. The Hall–Kier alpha value is -0.610. The molecule has 0 bridgehead atoms. The third-order valence-corrected chi connectivity index (χ3v) is 4.41. The number of ether oxygens (including phenoxy) is 1. The average molecular weight is 316 g/mol. The SMILES string of the molecule is CCNC1CC(Oc2ccc(F)cc2Br)C1(C)C. The highest BCUT2D eigenvalue weighted by molar-refractivity contribution is 9.10. The first-order valence-corrected chi connectivity index (χ1v) is 7.09. The van der Waals surface area contributed by atoms with Gasteiger partial charge in [0.25, 0.3) is 0 Å². The number of hydrogen-bond acceptors (Lipinski definition) is 2. The van der Waals surface area contributed by atoms with Crippen molar-refractivity contribution in [2.45, 2.75) is 39.3 Å². The van der Waals surface area contributed by atoms with E-state index in [1.54, 1.807) is 6.07 Å². The van der Waals surface area contributed by atoms with Crippen LogP contribution in [0.4, 0.5) is 4.39 Å². The summed E-state index contributed by atoms with van der Waals surface area (Å²) in [5, 5.41) is 3.46. The van der Waals surface area contributed by atoms with Crippen LogP contribution in [0.5, 0.6) is 5.75 Å². The van der Waals surface area contributed by atoms with Crippen LogP contribution in [0.1, 0.15) is 27.2 Å². The third-order valence-electron chi connectivity index (χ3n) is 3.79. The Bertz CT molecular complexity index is 436. The van der Waals surface area contributed by atoms with Gasteiger partial charge in [0.15, 0.2) is 0 Å². The predicted octanol–water partition coefficient (Wildman–Crippen LogP) is 3.74. The van der Waals surface area contributed by atoms with E-state index in [9.17, 15) is 4.39 Å². The number of hydrogen-bond donors (Lipinski definition) is 1. The molecule has 0 saturated heterocycles. The topological polar surface area (TPSA) is 21.3 Å². The molecule has 100 valence electrons. The van der Waals surface area contributed by atoms with Crippen molar-refractivity contribution in [1.82, 2.24) is 5.32 Å². The summed E-state index contributed by atoms with van der Waals surface area (Å²) in [7, 11) is 0. The number of halogens is 2. The largest absolute Gasteiger partial charge is 0.489 e. The molecule has 0 spiro atoms. The molecule has 0 aromatic heterocycles. The maximum atomic E-state index is 13.0. The Kier molecular flexibility index (Phi) is 3.97. The van der Waals surface area contributed by atoms with E-state index in [-0.39, 0.29) is 17.3 Å². The van der Waals surface area contributed by atoms with E-state index in [0.29, 0.717) is 16.3 Å². The quantitative estimate of drug-likeness (QED) is 0.913. The summed E-state index contributed by atoms with van der Waals surface area (Å²) in [5.41, 5.74) is 0.101. The highest BCUT2D eigenvalue weighted by atomic mass is 79.9. The summed E-state index contributed by atoms with van der Waals surface area (Å²) in [6, 6.07) is 5.03. The highest BCUT2D eigenvalue weighted by Crippen LogP contribution is 2.44. The van der Waals surface area contributed by atoms with Gasteiger partial charge in [-0.05, 0) is 40.7 Å². The summed E-state index contributed by atoms with van der Waals surface area (Å²) >= 11 is 3.33. The van der Waals surface area contributed by atoms with E-state index in [1.165, 1.54) is 12.1 Å². The van der Waals surface area contributed by atoms with Gasteiger partial charge in [-0.15, -0.1) is 0 Å². The average Bonchev–Trinajstić information content (AvgIpc) is 2.30. The molecule has 2 rings (SSSR count). The molecule has 1 aromatic rings.